The van der Waals surface area contributed by atoms with E-state index in [4.69, 9.17) is 21.1 Å². The molecule has 1 fully saturated rings. The molecule has 0 saturated heterocycles. The molecule has 11 heteroatoms. The number of carbonyl (C=O) groups is 1. The van der Waals surface area contributed by atoms with Crippen LogP contribution < -0.4 is 14.8 Å². The number of rotatable bonds is 7. The first-order valence-electron chi connectivity index (χ1n) is 11.0. The van der Waals surface area contributed by atoms with Crippen LogP contribution in [0.4, 0.5) is 5.13 Å². The Morgan fingerprint density at radius 2 is 1.97 bits per heavy atom. The van der Waals surface area contributed by atoms with Crippen LogP contribution in [0.15, 0.2) is 18.5 Å². The molecule has 0 aliphatic heterocycles. The second-order valence-electron chi connectivity index (χ2n) is 8.26. The van der Waals surface area contributed by atoms with Crippen LogP contribution in [0.3, 0.4) is 0 Å². The largest absolute Gasteiger partial charge is 0.494 e. The highest BCUT2D eigenvalue weighted by atomic mass is 35.5. The Morgan fingerprint density at radius 3 is 2.68 bits per heavy atom. The number of nitrogens with zero attached hydrogens (tertiary/aromatic N) is 4. The summed E-state index contributed by atoms with van der Waals surface area (Å²) >= 11 is 7.44. The molecule has 3 aromatic rings. The van der Waals surface area contributed by atoms with E-state index in [1.807, 2.05) is 19.9 Å². The molecule has 0 bridgehead atoms. The molecule has 1 amide bonds. The zero-order valence-corrected chi connectivity index (χ0v) is 20.7. The Balaban J connectivity index is 1.54. The van der Waals surface area contributed by atoms with Crippen molar-refractivity contribution in [3.05, 3.63) is 40.4 Å². The molecular formula is C23H26ClN5O4S. The fourth-order valence-electron chi connectivity index (χ4n) is 4.05. The number of aliphatic hydroxyl groups excluding tert-OH is 1. The van der Waals surface area contributed by atoms with Crippen molar-refractivity contribution in [2.24, 2.45) is 5.92 Å². The average Bonchev–Trinajstić information content (AvgIpc) is 3.27. The van der Waals surface area contributed by atoms with Crippen molar-refractivity contribution in [1.82, 2.24) is 20.2 Å². The first-order valence-corrected chi connectivity index (χ1v) is 12.2. The third kappa shape index (κ3) is 5.29. The second-order valence-corrected chi connectivity index (χ2v) is 9.56. The van der Waals surface area contributed by atoms with Crippen LogP contribution in [-0.2, 0) is 0 Å². The summed E-state index contributed by atoms with van der Waals surface area (Å²) in [5.74, 6) is 0.464. The number of methoxy groups -OCH3 is 1. The molecule has 34 heavy (non-hydrogen) atoms. The first-order chi connectivity index (χ1) is 16.4. The maximum Gasteiger partial charge on any atom is 0.296 e. The minimum absolute atomic E-state index is 0.0408. The van der Waals surface area contributed by atoms with E-state index in [9.17, 15) is 9.90 Å². The molecule has 0 atom stereocenters. The lowest BCUT2D eigenvalue weighted by atomic mass is 9.88. The van der Waals surface area contributed by atoms with E-state index in [0.717, 1.165) is 31.4 Å². The van der Waals surface area contributed by atoms with Crippen molar-refractivity contribution < 1.29 is 19.4 Å². The second kappa shape index (κ2) is 10.6. The van der Waals surface area contributed by atoms with Gasteiger partial charge in [-0.25, -0.2) is 4.98 Å². The summed E-state index contributed by atoms with van der Waals surface area (Å²) in [7, 11) is 1.54. The number of anilines is 1. The van der Waals surface area contributed by atoms with E-state index in [1.165, 1.54) is 23.7 Å². The van der Waals surface area contributed by atoms with E-state index in [0.29, 0.717) is 49.4 Å². The third-order valence-corrected chi connectivity index (χ3v) is 7.06. The van der Waals surface area contributed by atoms with Gasteiger partial charge in [-0.05, 0) is 68.4 Å². The molecule has 3 aromatic heterocycles. The minimum Gasteiger partial charge on any atom is -0.494 e. The van der Waals surface area contributed by atoms with Crippen molar-refractivity contribution in [2.75, 3.05) is 19.0 Å². The molecular weight excluding hydrogens is 478 g/mol. The molecule has 0 unspecified atom stereocenters. The number of ether oxygens (including phenoxy) is 2. The van der Waals surface area contributed by atoms with Crippen LogP contribution in [-0.4, -0.2) is 51.0 Å². The lowest BCUT2D eigenvalue weighted by Crippen LogP contribution is -2.25. The van der Waals surface area contributed by atoms with Crippen LogP contribution in [0.5, 0.6) is 10.9 Å². The average molecular weight is 504 g/mol. The maximum atomic E-state index is 13.2. The maximum absolute atomic E-state index is 13.2. The molecule has 3 heterocycles. The summed E-state index contributed by atoms with van der Waals surface area (Å²) in [6.07, 6.45) is 6.67. The number of aryl methyl sites for hydroxylation is 1. The van der Waals surface area contributed by atoms with Gasteiger partial charge in [-0.2, -0.15) is 0 Å². The number of hydrogen-bond acceptors (Lipinski definition) is 9. The predicted octanol–water partition coefficient (Wildman–Crippen LogP) is 4.46. The number of amides is 1. The smallest absolute Gasteiger partial charge is 0.296 e. The van der Waals surface area contributed by atoms with E-state index in [-0.39, 0.29) is 18.6 Å². The van der Waals surface area contributed by atoms with Gasteiger partial charge in [0.15, 0.2) is 0 Å². The molecule has 1 saturated carbocycles. The molecule has 0 radical (unpaired) electrons. The number of nitrogens with one attached hydrogen (secondary N) is 1. The van der Waals surface area contributed by atoms with Gasteiger partial charge in [0, 0.05) is 29.6 Å². The standard InChI is InChI=1S/C23H26ClN5O4S/c1-12-8-16(19-13(2)20(24)26-10-18(19)32-3)17(9-25-12)21(31)27-22-28-29-23(34-22)33-15-6-4-14(11-30)5-7-15/h8-10,14-15,30H,4-7,11H2,1-3H3,(H,27,28,31)/t14-,15-. The van der Waals surface area contributed by atoms with Crippen LogP contribution in [0.2, 0.25) is 5.15 Å². The van der Waals surface area contributed by atoms with Crippen molar-refractivity contribution in [3.63, 3.8) is 0 Å². The minimum atomic E-state index is -0.386. The highest BCUT2D eigenvalue weighted by molar-refractivity contribution is 7.17. The van der Waals surface area contributed by atoms with Crippen LogP contribution in [0.1, 0.15) is 47.3 Å². The van der Waals surface area contributed by atoms with Crippen molar-refractivity contribution in [2.45, 2.75) is 45.6 Å². The molecule has 2 N–H and O–H groups in total. The van der Waals surface area contributed by atoms with Crippen molar-refractivity contribution in [1.29, 1.82) is 0 Å². The van der Waals surface area contributed by atoms with Gasteiger partial charge in [-0.1, -0.05) is 16.7 Å². The Labute approximate surface area is 206 Å². The number of hydrogen-bond donors (Lipinski definition) is 2. The molecule has 180 valence electrons. The molecule has 4 rings (SSSR count). The number of aromatic nitrogens is 4. The molecule has 0 aromatic carbocycles. The number of pyridine rings is 2. The Bertz CT molecular complexity index is 1180. The molecule has 0 spiro atoms. The predicted molar refractivity (Wildman–Crippen MR) is 130 cm³/mol. The normalized spacial score (nSPS) is 17.9. The van der Waals surface area contributed by atoms with E-state index in [2.05, 4.69) is 25.5 Å². The highest BCUT2D eigenvalue weighted by Gasteiger charge is 2.24. The van der Waals surface area contributed by atoms with Gasteiger partial charge < -0.3 is 14.6 Å². The SMILES string of the molecule is COc1cnc(Cl)c(C)c1-c1cc(C)ncc1C(=O)Nc1nnc(O[C@H]2CC[C@H](CO)CC2)s1. The van der Waals surface area contributed by atoms with Crippen molar-refractivity contribution in [3.8, 4) is 22.1 Å². The van der Waals surface area contributed by atoms with Crippen molar-refractivity contribution >= 4 is 34.0 Å². The summed E-state index contributed by atoms with van der Waals surface area (Å²) < 4.78 is 11.4. The summed E-state index contributed by atoms with van der Waals surface area (Å²) in [5, 5.41) is 21.3. The highest BCUT2D eigenvalue weighted by Crippen LogP contribution is 2.38. The van der Waals surface area contributed by atoms with E-state index in [1.54, 1.807) is 7.11 Å². The van der Waals surface area contributed by atoms with E-state index >= 15 is 0 Å². The molecule has 1 aliphatic carbocycles. The van der Waals surface area contributed by atoms with Crippen LogP contribution in [0.25, 0.3) is 11.1 Å². The van der Waals surface area contributed by atoms with Crippen LogP contribution >= 0.6 is 22.9 Å². The quantitative estimate of drug-likeness (QED) is 0.453. The van der Waals surface area contributed by atoms with Gasteiger partial charge in [0.05, 0.1) is 18.9 Å². The van der Waals surface area contributed by atoms with Gasteiger partial charge >= 0.3 is 0 Å². The summed E-state index contributed by atoms with van der Waals surface area (Å²) in [6, 6.07) is 1.81. The third-order valence-electron chi connectivity index (χ3n) is 5.95. The Morgan fingerprint density at radius 1 is 1.21 bits per heavy atom. The van der Waals surface area contributed by atoms with Gasteiger partial charge in [-0.3, -0.25) is 15.1 Å². The number of aliphatic hydroxyl groups is 1. The van der Waals surface area contributed by atoms with E-state index < -0.39 is 0 Å². The lowest BCUT2D eigenvalue weighted by molar-refractivity contribution is 0.102. The monoisotopic (exact) mass is 503 g/mol. The fourth-order valence-corrected chi connectivity index (χ4v) is 4.85. The topological polar surface area (TPSA) is 119 Å². The zero-order chi connectivity index (χ0) is 24.2. The zero-order valence-electron chi connectivity index (χ0n) is 19.2. The van der Waals surface area contributed by atoms with Gasteiger partial charge in [0.2, 0.25) is 5.13 Å². The Hall–Kier alpha value is -2.82. The summed E-state index contributed by atoms with van der Waals surface area (Å²) in [6.45, 7) is 3.89. The number of carbonyl (C=O) groups excluding carboxylic acids is 1. The summed E-state index contributed by atoms with van der Waals surface area (Å²) in [5.41, 5.74) is 3.09. The first kappa shape index (κ1) is 24.3. The molecule has 1 aliphatic rings. The Kier molecular flexibility index (Phi) is 7.60. The van der Waals surface area contributed by atoms with Crippen LogP contribution in [0, 0.1) is 19.8 Å². The van der Waals surface area contributed by atoms with Gasteiger partial charge in [-0.15, -0.1) is 5.10 Å². The fraction of sp³-hybridized carbons (Fsp3) is 0.435. The van der Waals surface area contributed by atoms with Gasteiger partial charge in [0.1, 0.15) is 17.0 Å². The summed E-state index contributed by atoms with van der Waals surface area (Å²) in [4.78, 5) is 21.7. The lowest BCUT2D eigenvalue weighted by Gasteiger charge is -2.26. The molecule has 9 nitrogen and oxygen atoms in total. The number of halogens is 1. The van der Waals surface area contributed by atoms with Gasteiger partial charge in [0.25, 0.3) is 11.1 Å².